The van der Waals surface area contributed by atoms with Gasteiger partial charge in [-0.05, 0) is 42.5 Å². The predicted octanol–water partition coefficient (Wildman–Crippen LogP) is 4.33. The molecule has 3 amide bonds. The molecule has 3 aromatic rings. The van der Waals surface area contributed by atoms with Crippen LogP contribution in [0.1, 0.15) is 28.3 Å². The summed E-state index contributed by atoms with van der Waals surface area (Å²) < 4.78 is 49.4. The zero-order valence-corrected chi connectivity index (χ0v) is 18.3. The van der Waals surface area contributed by atoms with Gasteiger partial charge in [0.25, 0.3) is 5.91 Å². The van der Waals surface area contributed by atoms with Gasteiger partial charge in [0.1, 0.15) is 12.3 Å². The van der Waals surface area contributed by atoms with Crippen molar-refractivity contribution in [1.82, 2.24) is 10.2 Å². The van der Waals surface area contributed by atoms with Gasteiger partial charge < -0.3 is 24.4 Å². The number of nitrogens with one attached hydrogen (secondary N) is 2. The standard InChI is InChI=1S/C22H19ClF3N3O5/c23-17-6-5-14(11-16(17)22(24,25)26)28-19(30)13-29(12-15-3-1-9-33-15)20(31)7-8-27-21(32)18-4-2-10-34-18/h1-6,9-11H,7-8,12-13H2,(H,27,32)(H,28,30). The number of halogens is 4. The summed E-state index contributed by atoms with van der Waals surface area (Å²) in [6.07, 6.45) is -2.10. The van der Waals surface area contributed by atoms with Gasteiger partial charge in [0.15, 0.2) is 5.76 Å². The maximum Gasteiger partial charge on any atom is 0.417 e. The van der Waals surface area contributed by atoms with Crippen molar-refractivity contribution in [1.29, 1.82) is 0 Å². The molecule has 0 saturated carbocycles. The first kappa shape index (κ1) is 24.9. The zero-order chi connectivity index (χ0) is 24.7. The second-order valence-corrected chi connectivity index (χ2v) is 7.46. The smallest absolute Gasteiger partial charge is 0.417 e. The maximum atomic E-state index is 13.1. The summed E-state index contributed by atoms with van der Waals surface area (Å²) in [5.74, 6) is -1.24. The number of hydrogen-bond acceptors (Lipinski definition) is 5. The molecule has 0 radical (unpaired) electrons. The molecule has 1 aromatic carbocycles. The van der Waals surface area contributed by atoms with E-state index in [1.54, 1.807) is 18.2 Å². The number of carbonyl (C=O) groups is 3. The topological polar surface area (TPSA) is 105 Å². The molecule has 0 unspecified atom stereocenters. The highest BCUT2D eigenvalue weighted by Crippen LogP contribution is 2.36. The van der Waals surface area contributed by atoms with Crippen molar-refractivity contribution in [2.75, 3.05) is 18.4 Å². The van der Waals surface area contributed by atoms with Crippen molar-refractivity contribution in [2.45, 2.75) is 19.1 Å². The van der Waals surface area contributed by atoms with Gasteiger partial charge in [-0.2, -0.15) is 13.2 Å². The fourth-order valence-corrected chi connectivity index (χ4v) is 3.18. The van der Waals surface area contributed by atoms with Crippen LogP contribution in [-0.2, 0) is 22.3 Å². The van der Waals surface area contributed by atoms with Gasteiger partial charge in [0.2, 0.25) is 11.8 Å². The highest BCUT2D eigenvalue weighted by Gasteiger charge is 2.33. The Morgan fingerprint density at radius 3 is 2.41 bits per heavy atom. The van der Waals surface area contributed by atoms with Crippen LogP contribution in [-0.4, -0.2) is 35.7 Å². The van der Waals surface area contributed by atoms with Gasteiger partial charge in [0, 0.05) is 18.7 Å². The molecule has 0 aliphatic carbocycles. The first-order valence-corrected chi connectivity index (χ1v) is 10.3. The summed E-state index contributed by atoms with van der Waals surface area (Å²) in [7, 11) is 0. The lowest BCUT2D eigenvalue weighted by Gasteiger charge is -2.21. The van der Waals surface area contributed by atoms with Crippen LogP contribution in [0.3, 0.4) is 0 Å². The second-order valence-electron chi connectivity index (χ2n) is 7.05. The maximum absolute atomic E-state index is 13.1. The highest BCUT2D eigenvalue weighted by atomic mass is 35.5. The van der Waals surface area contributed by atoms with E-state index in [0.717, 1.165) is 11.0 Å². The molecule has 3 rings (SSSR count). The second kappa shape index (κ2) is 10.9. The van der Waals surface area contributed by atoms with Gasteiger partial charge >= 0.3 is 6.18 Å². The zero-order valence-electron chi connectivity index (χ0n) is 17.5. The minimum atomic E-state index is -4.70. The van der Waals surface area contributed by atoms with Crippen LogP contribution in [0, 0.1) is 0 Å². The van der Waals surface area contributed by atoms with Crippen LogP contribution >= 0.6 is 11.6 Å². The third-order valence-corrected chi connectivity index (χ3v) is 4.87. The largest absolute Gasteiger partial charge is 0.467 e. The molecule has 2 N–H and O–H groups in total. The van der Waals surface area contributed by atoms with E-state index in [2.05, 4.69) is 10.6 Å². The molecular weight excluding hydrogens is 479 g/mol. The van der Waals surface area contributed by atoms with E-state index in [1.807, 2.05) is 0 Å². The van der Waals surface area contributed by atoms with E-state index in [9.17, 15) is 27.6 Å². The van der Waals surface area contributed by atoms with E-state index >= 15 is 0 Å². The number of amides is 3. The van der Waals surface area contributed by atoms with E-state index < -0.39 is 41.0 Å². The van der Waals surface area contributed by atoms with Crippen molar-refractivity contribution in [3.8, 4) is 0 Å². The molecule has 2 heterocycles. The first-order valence-electron chi connectivity index (χ1n) is 9.92. The van der Waals surface area contributed by atoms with Crippen molar-refractivity contribution in [3.63, 3.8) is 0 Å². The van der Waals surface area contributed by atoms with E-state index in [0.29, 0.717) is 11.8 Å². The average Bonchev–Trinajstić information content (AvgIpc) is 3.48. The molecule has 2 aromatic heterocycles. The molecule has 180 valence electrons. The van der Waals surface area contributed by atoms with Crippen LogP contribution in [0.5, 0.6) is 0 Å². The van der Waals surface area contributed by atoms with Gasteiger partial charge in [-0.3, -0.25) is 14.4 Å². The van der Waals surface area contributed by atoms with Gasteiger partial charge in [-0.25, -0.2) is 0 Å². The Bertz CT molecular complexity index is 1130. The molecule has 0 aliphatic rings. The number of rotatable bonds is 9. The van der Waals surface area contributed by atoms with Crippen LogP contribution in [0.4, 0.5) is 18.9 Å². The molecule has 0 spiro atoms. The van der Waals surface area contributed by atoms with Crippen LogP contribution in [0.15, 0.2) is 63.8 Å². The number of hydrogen-bond donors (Lipinski definition) is 2. The summed E-state index contributed by atoms with van der Waals surface area (Å²) >= 11 is 5.59. The van der Waals surface area contributed by atoms with E-state index in [-0.39, 0.29) is 31.0 Å². The van der Waals surface area contributed by atoms with E-state index in [1.165, 1.54) is 24.7 Å². The lowest BCUT2D eigenvalue weighted by atomic mass is 10.2. The number of alkyl halides is 3. The summed E-state index contributed by atoms with van der Waals surface area (Å²) in [6, 6.07) is 9.17. The van der Waals surface area contributed by atoms with Crippen molar-refractivity contribution in [2.24, 2.45) is 0 Å². The summed E-state index contributed by atoms with van der Waals surface area (Å²) in [4.78, 5) is 38.3. The van der Waals surface area contributed by atoms with Crippen molar-refractivity contribution >= 4 is 35.0 Å². The van der Waals surface area contributed by atoms with Crippen LogP contribution in [0.25, 0.3) is 0 Å². The number of benzene rings is 1. The number of anilines is 1. The Balaban J connectivity index is 1.63. The lowest BCUT2D eigenvalue weighted by molar-refractivity contribution is -0.137. The third kappa shape index (κ3) is 6.88. The molecule has 0 atom stereocenters. The molecule has 12 heteroatoms. The summed E-state index contributed by atoms with van der Waals surface area (Å²) in [6.45, 7) is -0.545. The fourth-order valence-electron chi connectivity index (χ4n) is 2.95. The molecule has 0 bridgehead atoms. The SMILES string of the molecule is O=C(CN(Cc1ccco1)C(=O)CCNC(=O)c1ccco1)Nc1ccc(Cl)c(C(F)(F)F)c1. The van der Waals surface area contributed by atoms with Crippen molar-refractivity contribution < 1.29 is 36.4 Å². The molecular formula is C22H19ClF3N3O5. The Morgan fingerprint density at radius 1 is 1.03 bits per heavy atom. The number of nitrogens with zero attached hydrogens (tertiary/aromatic N) is 1. The van der Waals surface area contributed by atoms with Crippen LogP contribution in [0.2, 0.25) is 5.02 Å². The Morgan fingerprint density at radius 2 is 1.76 bits per heavy atom. The highest BCUT2D eigenvalue weighted by molar-refractivity contribution is 6.31. The molecule has 0 saturated heterocycles. The summed E-state index contributed by atoms with van der Waals surface area (Å²) in [5.41, 5.74) is -1.22. The normalized spacial score (nSPS) is 11.2. The van der Waals surface area contributed by atoms with Crippen molar-refractivity contribution in [3.05, 3.63) is 77.1 Å². The minimum absolute atomic E-state index is 0.0270. The number of carbonyl (C=O) groups excluding carboxylic acids is 3. The monoisotopic (exact) mass is 497 g/mol. The Hall–Kier alpha value is -3.73. The fraction of sp³-hybridized carbons (Fsp3) is 0.227. The van der Waals surface area contributed by atoms with Gasteiger partial charge in [0.05, 0.1) is 29.7 Å². The third-order valence-electron chi connectivity index (χ3n) is 4.54. The molecule has 0 fully saturated rings. The molecule has 34 heavy (non-hydrogen) atoms. The molecule has 0 aliphatic heterocycles. The lowest BCUT2D eigenvalue weighted by Crippen LogP contribution is -2.39. The predicted molar refractivity (Wildman–Crippen MR) is 115 cm³/mol. The number of furan rings is 2. The van der Waals surface area contributed by atoms with Gasteiger partial charge in [-0.1, -0.05) is 11.6 Å². The first-order chi connectivity index (χ1) is 16.1. The quantitative estimate of drug-likeness (QED) is 0.458. The van der Waals surface area contributed by atoms with E-state index in [4.69, 9.17) is 20.4 Å². The average molecular weight is 498 g/mol. The molecule has 8 nitrogen and oxygen atoms in total. The minimum Gasteiger partial charge on any atom is -0.467 e. The van der Waals surface area contributed by atoms with Crippen LogP contribution < -0.4 is 10.6 Å². The summed E-state index contributed by atoms with van der Waals surface area (Å²) in [5, 5.41) is 4.36. The Kier molecular flexibility index (Phi) is 8.00. The Labute approximate surface area is 196 Å². The van der Waals surface area contributed by atoms with Gasteiger partial charge in [-0.15, -0.1) is 0 Å².